The Hall–Kier alpha value is -2.32. The summed E-state index contributed by atoms with van der Waals surface area (Å²) in [6, 6.07) is 5.60. The van der Waals surface area contributed by atoms with E-state index in [9.17, 15) is 18.7 Å². The number of piperazine rings is 1. The van der Waals surface area contributed by atoms with Gasteiger partial charge in [0, 0.05) is 25.2 Å². The molecule has 0 spiro atoms. The smallest absolute Gasteiger partial charge is 0.227 e. The zero-order valence-electron chi connectivity index (χ0n) is 15.7. The lowest BCUT2D eigenvalue weighted by molar-refractivity contribution is -0.131. The summed E-state index contributed by atoms with van der Waals surface area (Å²) in [6.45, 7) is 0.790. The fourth-order valence-corrected chi connectivity index (χ4v) is 3.81. The van der Waals surface area contributed by atoms with Crippen molar-refractivity contribution in [1.29, 1.82) is 0 Å². The zero-order valence-corrected chi connectivity index (χ0v) is 16.4. The van der Waals surface area contributed by atoms with Gasteiger partial charge in [-0.1, -0.05) is 11.6 Å². The van der Waals surface area contributed by atoms with E-state index in [4.69, 9.17) is 11.6 Å². The van der Waals surface area contributed by atoms with E-state index in [0.717, 1.165) is 12.8 Å². The van der Waals surface area contributed by atoms with Crippen molar-refractivity contribution in [2.24, 2.45) is 0 Å². The molecule has 1 saturated heterocycles. The summed E-state index contributed by atoms with van der Waals surface area (Å²) in [6.07, 6.45) is 1.55. The number of halogens is 3. The van der Waals surface area contributed by atoms with Crippen LogP contribution in [0.2, 0.25) is 5.15 Å². The number of amides is 1. The number of rotatable bonds is 5. The van der Waals surface area contributed by atoms with Crippen LogP contribution in [0.25, 0.3) is 0 Å². The van der Waals surface area contributed by atoms with E-state index in [2.05, 4.69) is 10.2 Å². The third-order valence-corrected chi connectivity index (χ3v) is 5.70. The van der Waals surface area contributed by atoms with E-state index in [1.54, 1.807) is 12.1 Å². The van der Waals surface area contributed by atoms with Crippen LogP contribution >= 0.6 is 11.6 Å². The zero-order chi connectivity index (χ0) is 20.5. The second-order valence-corrected chi connectivity index (χ2v) is 7.89. The molecule has 0 unspecified atom stereocenters. The number of anilines is 1. The van der Waals surface area contributed by atoms with E-state index in [1.807, 2.05) is 4.90 Å². The van der Waals surface area contributed by atoms with Crippen molar-refractivity contribution in [3.8, 4) is 0 Å². The van der Waals surface area contributed by atoms with Gasteiger partial charge < -0.3 is 14.9 Å². The predicted octanol–water partition coefficient (Wildman–Crippen LogP) is 2.54. The Bertz CT molecular complexity index is 885. The summed E-state index contributed by atoms with van der Waals surface area (Å²) in [4.78, 5) is 16.1. The van der Waals surface area contributed by atoms with Gasteiger partial charge in [0.25, 0.3) is 0 Å². The van der Waals surface area contributed by atoms with Crippen LogP contribution in [0.3, 0.4) is 0 Å². The Morgan fingerprint density at radius 1 is 1.17 bits per heavy atom. The number of carbonyl (C=O) groups excluding carboxylic acids is 1. The normalized spacial score (nSPS) is 19.5. The van der Waals surface area contributed by atoms with Gasteiger partial charge in [-0.05, 0) is 48.6 Å². The van der Waals surface area contributed by atoms with Crippen molar-refractivity contribution in [1.82, 2.24) is 15.1 Å². The molecule has 154 valence electrons. The maximum Gasteiger partial charge on any atom is 0.227 e. The van der Waals surface area contributed by atoms with E-state index < -0.39 is 17.7 Å². The molecule has 1 aromatic heterocycles. The van der Waals surface area contributed by atoms with Crippen LogP contribution in [-0.2, 0) is 11.2 Å². The van der Waals surface area contributed by atoms with Gasteiger partial charge in [0.1, 0.15) is 11.6 Å². The molecule has 2 aliphatic rings. The van der Waals surface area contributed by atoms with Crippen LogP contribution in [0.1, 0.15) is 29.9 Å². The summed E-state index contributed by atoms with van der Waals surface area (Å²) < 4.78 is 28.8. The highest BCUT2D eigenvalue weighted by Gasteiger charge is 2.31. The van der Waals surface area contributed by atoms with Gasteiger partial charge in [-0.15, -0.1) is 10.2 Å². The maximum atomic E-state index is 14.4. The number of hydrogen-bond donors (Lipinski definition) is 1. The highest BCUT2D eigenvalue weighted by atomic mass is 35.5. The number of aliphatic hydroxyl groups excluding tert-OH is 1. The van der Waals surface area contributed by atoms with Crippen LogP contribution in [0.15, 0.2) is 24.3 Å². The van der Waals surface area contributed by atoms with Gasteiger partial charge in [0.2, 0.25) is 5.91 Å². The first-order valence-electron chi connectivity index (χ1n) is 9.58. The average molecular weight is 423 g/mol. The standard InChI is InChI=1S/C20H21ClF2N4O2/c21-18-3-4-19(25-24-18)27-6-5-26(10-14(27)11-28)20(29)9-15-16(22)7-13(8-17(15)23)12-1-2-12/h3-4,7-8,12,14,28H,1-2,5-6,9-11H2/t14-/m0/s1. The third-order valence-electron chi connectivity index (χ3n) is 5.50. The van der Waals surface area contributed by atoms with Crippen LogP contribution in [-0.4, -0.2) is 58.4 Å². The lowest BCUT2D eigenvalue weighted by Crippen LogP contribution is -2.57. The highest BCUT2D eigenvalue weighted by molar-refractivity contribution is 6.29. The lowest BCUT2D eigenvalue weighted by Gasteiger charge is -2.41. The molecule has 1 saturated carbocycles. The van der Waals surface area contributed by atoms with Crippen LogP contribution in [0.4, 0.5) is 14.6 Å². The first-order valence-corrected chi connectivity index (χ1v) is 9.96. The number of benzene rings is 1. The first kappa shape index (κ1) is 20.0. The van der Waals surface area contributed by atoms with E-state index in [1.165, 1.54) is 17.0 Å². The Labute approximate surface area is 172 Å². The van der Waals surface area contributed by atoms with Crippen molar-refractivity contribution in [2.45, 2.75) is 31.2 Å². The van der Waals surface area contributed by atoms with Gasteiger partial charge in [-0.3, -0.25) is 4.79 Å². The molecule has 29 heavy (non-hydrogen) atoms. The summed E-state index contributed by atoms with van der Waals surface area (Å²) in [5.41, 5.74) is 0.458. The minimum atomic E-state index is -0.672. The third kappa shape index (κ3) is 4.33. The van der Waals surface area contributed by atoms with Crippen molar-refractivity contribution < 1.29 is 18.7 Å². The molecule has 2 fully saturated rings. The van der Waals surface area contributed by atoms with Crippen molar-refractivity contribution in [2.75, 3.05) is 31.1 Å². The molecule has 6 nitrogen and oxygen atoms in total. The molecule has 2 aromatic rings. The van der Waals surface area contributed by atoms with Crippen molar-refractivity contribution in [3.05, 3.63) is 52.2 Å². The molecule has 0 radical (unpaired) electrons. The summed E-state index contributed by atoms with van der Waals surface area (Å²) >= 11 is 5.76. The molecular formula is C20H21ClF2N4O2. The molecule has 0 bridgehead atoms. The van der Waals surface area contributed by atoms with Crippen molar-refractivity contribution in [3.63, 3.8) is 0 Å². The molecule has 1 N–H and O–H groups in total. The first-order chi connectivity index (χ1) is 14.0. The number of aromatic nitrogens is 2. The monoisotopic (exact) mass is 422 g/mol. The number of aliphatic hydroxyl groups is 1. The Balaban J connectivity index is 1.44. The predicted molar refractivity (Wildman–Crippen MR) is 104 cm³/mol. The molecule has 1 aliphatic heterocycles. The molecule has 1 amide bonds. The van der Waals surface area contributed by atoms with Crippen LogP contribution < -0.4 is 4.90 Å². The second kappa shape index (κ2) is 8.20. The molecule has 1 atom stereocenters. The number of nitrogens with zero attached hydrogens (tertiary/aromatic N) is 4. The van der Waals surface area contributed by atoms with Gasteiger partial charge in [0.05, 0.1) is 19.1 Å². The molecule has 2 heterocycles. The molecular weight excluding hydrogens is 402 g/mol. The van der Waals surface area contributed by atoms with Crippen LogP contribution in [0.5, 0.6) is 0 Å². The maximum absolute atomic E-state index is 14.4. The lowest BCUT2D eigenvalue weighted by atomic mass is 10.0. The summed E-state index contributed by atoms with van der Waals surface area (Å²) in [5.74, 6) is -0.934. The number of hydrogen-bond acceptors (Lipinski definition) is 5. The fourth-order valence-electron chi connectivity index (χ4n) is 3.71. The van der Waals surface area contributed by atoms with E-state index in [-0.39, 0.29) is 42.1 Å². The average Bonchev–Trinajstić information content (AvgIpc) is 3.56. The highest BCUT2D eigenvalue weighted by Crippen LogP contribution is 2.41. The quantitative estimate of drug-likeness (QED) is 0.802. The molecule has 4 rings (SSSR count). The Morgan fingerprint density at radius 2 is 1.90 bits per heavy atom. The summed E-state index contributed by atoms with van der Waals surface area (Å²) in [5, 5.41) is 17.9. The van der Waals surface area contributed by atoms with E-state index >= 15 is 0 Å². The fraction of sp³-hybridized carbons (Fsp3) is 0.450. The second-order valence-electron chi connectivity index (χ2n) is 7.50. The Kier molecular flexibility index (Phi) is 5.65. The van der Waals surface area contributed by atoms with Crippen molar-refractivity contribution >= 4 is 23.3 Å². The largest absolute Gasteiger partial charge is 0.394 e. The van der Waals surface area contributed by atoms with Gasteiger partial charge in [-0.25, -0.2) is 8.78 Å². The van der Waals surface area contributed by atoms with Gasteiger partial charge in [-0.2, -0.15) is 0 Å². The molecule has 1 aromatic carbocycles. The summed E-state index contributed by atoms with van der Waals surface area (Å²) in [7, 11) is 0. The van der Waals surface area contributed by atoms with Crippen LogP contribution in [0, 0.1) is 11.6 Å². The minimum absolute atomic E-state index is 0.201. The van der Waals surface area contributed by atoms with Gasteiger partial charge in [0.15, 0.2) is 11.0 Å². The van der Waals surface area contributed by atoms with Gasteiger partial charge >= 0.3 is 0 Å². The topological polar surface area (TPSA) is 69.6 Å². The molecule has 1 aliphatic carbocycles. The van der Waals surface area contributed by atoms with E-state index in [0.29, 0.717) is 24.5 Å². The Morgan fingerprint density at radius 3 is 2.48 bits per heavy atom. The minimum Gasteiger partial charge on any atom is -0.394 e. The SMILES string of the molecule is O=C(Cc1c(F)cc(C2CC2)cc1F)N1CCN(c2ccc(Cl)nn2)[C@H](CO)C1. The number of carbonyl (C=O) groups is 1. The molecule has 9 heteroatoms.